The van der Waals surface area contributed by atoms with Crippen LogP contribution in [0.15, 0.2) is 0 Å². The van der Waals surface area contributed by atoms with Gasteiger partial charge in [0.15, 0.2) is 0 Å². The van der Waals surface area contributed by atoms with Crippen molar-refractivity contribution in [1.29, 1.82) is 0 Å². The Bertz CT molecular complexity index is 188. The predicted octanol–water partition coefficient (Wildman–Crippen LogP) is 1.99. The van der Waals surface area contributed by atoms with Gasteiger partial charge >= 0.3 is 5.97 Å². The van der Waals surface area contributed by atoms with Gasteiger partial charge in [0, 0.05) is 6.92 Å². The fraction of sp³-hybridized carbons (Fsp3) is 0.900. The first-order chi connectivity index (χ1) is 5.75. The first kappa shape index (κ1) is 8.09. The van der Waals surface area contributed by atoms with Crippen LogP contribution in [0.4, 0.5) is 0 Å². The van der Waals surface area contributed by atoms with Crippen LogP contribution in [0.5, 0.6) is 0 Å². The van der Waals surface area contributed by atoms with Crippen LogP contribution < -0.4 is 0 Å². The van der Waals surface area contributed by atoms with E-state index in [2.05, 4.69) is 0 Å². The number of carbonyl (C=O) groups is 1. The second-order valence-corrected chi connectivity index (χ2v) is 4.24. The van der Waals surface area contributed by atoms with Crippen molar-refractivity contribution in [1.82, 2.24) is 0 Å². The molecule has 0 heterocycles. The van der Waals surface area contributed by atoms with Crippen LogP contribution in [0.1, 0.15) is 32.6 Å². The lowest BCUT2D eigenvalue weighted by Crippen LogP contribution is -2.18. The van der Waals surface area contributed by atoms with E-state index in [-0.39, 0.29) is 5.97 Å². The molecular formula is C10H16O2. The van der Waals surface area contributed by atoms with Gasteiger partial charge in [0.2, 0.25) is 0 Å². The highest BCUT2D eigenvalue weighted by molar-refractivity contribution is 5.65. The fourth-order valence-corrected chi connectivity index (χ4v) is 2.80. The average molecular weight is 168 g/mol. The molecule has 3 atom stereocenters. The number of hydrogen-bond donors (Lipinski definition) is 0. The summed E-state index contributed by atoms with van der Waals surface area (Å²) < 4.78 is 5.04. The summed E-state index contributed by atoms with van der Waals surface area (Å²) >= 11 is 0. The summed E-state index contributed by atoms with van der Waals surface area (Å²) in [5.41, 5.74) is 0. The molecule has 2 rings (SSSR count). The summed E-state index contributed by atoms with van der Waals surface area (Å²) in [7, 11) is 0. The van der Waals surface area contributed by atoms with Crippen molar-refractivity contribution >= 4 is 5.97 Å². The topological polar surface area (TPSA) is 26.3 Å². The van der Waals surface area contributed by atoms with Crippen molar-refractivity contribution in [3.8, 4) is 0 Å². The lowest BCUT2D eigenvalue weighted by molar-refractivity contribution is -0.142. The maximum Gasteiger partial charge on any atom is 0.302 e. The van der Waals surface area contributed by atoms with E-state index in [0.29, 0.717) is 12.5 Å². The summed E-state index contributed by atoms with van der Waals surface area (Å²) in [6.07, 6.45) is 5.49. The molecule has 0 N–H and O–H groups in total. The summed E-state index contributed by atoms with van der Waals surface area (Å²) in [6, 6.07) is 0. The monoisotopic (exact) mass is 168 g/mol. The highest BCUT2D eigenvalue weighted by atomic mass is 16.5. The molecule has 0 amide bonds. The molecule has 0 aromatic carbocycles. The first-order valence-corrected chi connectivity index (χ1v) is 4.89. The Kier molecular flexibility index (Phi) is 2.07. The molecule has 2 aliphatic carbocycles. The van der Waals surface area contributed by atoms with Gasteiger partial charge in [0.25, 0.3) is 0 Å². The zero-order valence-corrected chi connectivity index (χ0v) is 7.58. The van der Waals surface area contributed by atoms with E-state index in [1.54, 1.807) is 0 Å². The molecule has 0 saturated heterocycles. The van der Waals surface area contributed by atoms with Crippen molar-refractivity contribution < 1.29 is 9.53 Å². The Morgan fingerprint density at radius 1 is 1.42 bits per heavy atom. The number of hydrogen-bond acceptors (Lipinski definition) is 2. The Labute approximate surface area is 73.3 Å². The summed E-state index contributed by atoms with van der Waals surface area (Å²) in [5.74, 6) is 2.38. The minimum Gasteiger partial charge on any atom is -0.466 e. The predicted molar refractivity (Wildman–Crippen MR) is 45.6 cm³/mol. The number of carbonyl (C=O) groups excluding carboxylic acids is 1. The molecule has 12 heavy (non-hydrogen) atoms. The van der Waals surface area contributed by atoms with Crippen molar-refractivity contribution in [3.63, 3.8) is 0 Å². The summed E-state index contributed by atoms with van der Waals surface area (Å²) in [4.78, 5) is 10.6. The van der Waals surface area contributed by atoms with Gasteiger partial charge in [-0.2, -0.15) is 0 Å². The standard InChI is InChI=1S/C10H16O2/c1-7(11)12-6-10-5-8-2-3-9(10)4-8/h8-10H,2-6H2,1H3/t8-,9+,10+/m0/s1. The molecule has 0 aromatic heterocycles. The second kappa shape index (κ2) is 3.08. The van der Waals surface area contributed by atoms with E-state index in [4.69, 9.17) is 4.74 Å². The number of ether oxygens (including phenoxy) is 1. The Balaban J connectivity index is 1.79. The quantitative estimate of drug-likeness (QED) is 0.589. The molecule has 0 radical (unpaired) electrons. The van der Waals surface area contributed by atoms with Crippen molar-refractivity contribution in [2.75, 3.05) is 6.61 Å². The highest BCUT2D eigenvalue weighted by Gasteiger charge is 2.39. The van der Waals surface area contributed by atoms with E-state index in [0.717, 1.165) is 11.8 Å². The summed E-state index contributed by atoms with van der Waals surface area (Å²) in [6.45, 7) is 2.17. The average Bonchev–Trinajstić information content (AvgIpc) is 2.60. The third-order valence-corrected chi connectivity index (χ3v) is 3.39. The van der Waals surface area contributed by atoms with Gasteiger partial charge in [-0.25, -0.2) is 0 Å². The second-order valence-electron chi connectivity index (χ2n) is 4.24. The van der Waals surface area contributed by atoms with Gasteiger partial charge in [-0.3, -0.25) is 4.79 Å². The maximum absolute atomic E-state index is 10.6. The molecule has 2 fully saturated rings. The molecular weight excluding hydrogens is 152 g/mol. The third-order valence-electron chi connectivity index (χ3n) is 3.39. The largest absolute Gasteiger partial charge is 0.466 e. The lowest BCUT2D eigenvalue weighted by Gasteiger charge is -2.20. The van der Waals surface area contributed by atoms with Gasteiger partial charge < -0.3 is 4.74 Å². The molecule has 0 aliphatic heterocycles. The Morgan fingerprint density at radius 2 is 2.25 bits per heavy atom. The van der Waals surface area contributed by atoms with Gasteiger partial charge in [0.05, 0.1) is 6.61 Å². The lowest BCUT2D eigenvalue weighted by atomic mass is 9.90. The Hall–Kier alpha value is -0.530. The first-order valence-electron chi connectivity index (χ1n) is 4.89. The number of esters is 1. The zero-order chi connectivity index (χ0) is 8.55. The van der Waals surface area contributed by atoms with Crippen LogP contribution in [0.25, 0.3) is 0 Å². The van der Waals surface area contributed by atoms with Gasteiger partial charge in [-0.1, -0.05) is 6.42 Å². The van der Waals surface area contributed by atoms with Crippen LogP contribution in [0.2, 0.25) is 0 Å². The molecule has 68 valence electrons. The van der Waals surface area contributed by atoms with Crippen molar-refractivity contribution in [3.05, 3.63) is 0 Å². The summed E-state index contributed by atoms with van der Waals surface area (Å²) in [5, 5.41) is 0. The Morgan fingerprint density at radius 3 is 2.75 bits per heavy atom. The normalized spacial score (nSPS) is 38.6. The molecule has 0 unspecified atom stereocenters. The van der Waals surface area contributed by atoms with Crippen LogP contribution in [0.3, 0.4) is 0 Å². The SMILES string of the molecule is CC(=O)OC[C@H]1C[C@H]2CC[C@@H]1C2. The van der Waals surface area contributed by atoms with Gasteiger partial charge in [0.1, 0.15) is 0 Å². The fourth-order valence-electron chi connectivity index (χ4n) is 2.80. The highest BCUT2D eigenvalue weighted by Crippen LogP contribution is 2.48. The zero-order valence-electron chi connectivity index (χ0n) is 7.58. The number of fused-ring (bicyclic) bond motifs is 2. The van der Waals surface area contributed by atoms with Gasteiger partial charge in [-0.15, -0.1) is 0 Å². The van der Waals surface area contributed by atoms with E-state index < -0.39 is 0 Å². The molecule has 2 bridgehead atoms. The van der Waals surface area contributed by atoms with Crippen molar-refractivity contribution in [2.45, 2.75) is 32.6 Å². The van der Waals surface area contributed by atoms with E-state index in [9.17, 15) is 4.79 Å². The van der Waals surface area contributed by atoms with Crippen molar-refractivity contribution in [2.24, 2.45) is 17.8 Å². The van der Waals surface area contributed by atoms with E-state index in [1.807, 2.05) is 0 Å². The number of rotatable bonds is 2. The minimum absolute atomic E-state index is 0.127. The maximum atomic E-state index is 10.6. The van der Waals surface area contributed by atoms with Gasteiger partial charge in [-0.05, 0) is 37.0 Å². The molecule has 2 saturated carbocycles. The third kappa shape index (κ3) is 1.47. The molecule has 2 nitrogen and oxygen atoms in total. The van der Waals surface area contributed by atoms with E-state index >= 15 is 0 Å². The molecule has 2 aliphatic rings. The molecule has 2 heteroatoms. The van der Waals surface area contributed by atoms with Crippen LogP contribution in [-0.2, 0) is 9.53 Å². The van der Waals surface area contributed by atoms with E-state index in [1.165, 1.54) is 32.6 Å². The molecule has 0 spiro atoms. The molecule has 0 aromatic rings. The van der Waals surface area contributed by atoms with Crippen LogP contribution in [-0.4, -0.2) is 12.6 Å². The smallest absolute Gasteiger partial charge is 0.302 e. The van der Waals surface area contributed by atoms with Crippen LogP contribution in [0, 0.1) is 17.8 Å². The minimum atomic E-state index is -0.127. The van der Waals surface area contributed by atoms with Crippen LogP contribution >= 0.6 is 0 Å².